The molecule has 0 radical (unpaired) electrons. The van der Waals surface area contributed by atoms with Gasteiger partial charge in [-0.1, -0.05) is 61.1 Å². The molecule has 0 saturated carbocycles. The van der Waals surface area contributed by atoms with Crippen LogP contribution in [0.2, 0.25) is 10.0 Å². The van der Waals surface area contributed by atoms with Crippen LogP contribution < -0.4 is 0 Å². The fourth-order valence-electron chi connectivity index (χ4n) is 1.74. The lowest BCUT2D eigenvalue weighted by molar-refractivity contribution is 0.607. The van der Waals surface area contributed by atoms with Crippen molar-refractivity contribution in [2.24, 2.45) is 0 Å². The molecule has 0 aliphatic heterocycles. The van der Waals surface area contributed by atoms with Crippen molar-refractivity contribution < 1.29 is 4.39 Å². The molecule has 2 rings (SSSR count). The Morgan fingerprint density at radius 3 is 2.47 bits per heavy atom. The maximum absolute atomic E-state index is 13.8. The fourth-order valence-corrected chi connectivity index (χ4v) is 3.16. The topological polar surface area (TPSA) is 0 Å². The molecule has 1 atom stereocenters. The molecule has 5 heteroatoms. The monoisotopic (exact) mass is 424 g/mol. The van der Waals surface area contributed by atoms with Gasteiger partial charge in [0, 0.05) is 14.9 Å². The Kier molecular flexibility index (Phi) is 5.29. The second-order valence-corrected chi connectivity index (χ2v) is 6.92. The molecular formula is C14H9Br2Cl2F. The van der Waals surface area contributed by atoms with Crippen LogP contribution in [-0.2, 0) is 6.42 Å². The van der Waals surface area contributed by atoms with E-state index in [1.165, 1.54) is 6.07 Å². The van der Waals surface area contributed by atoms with Crippen LogP contribution in [0.1, 0.15) is 16.0 Å². The molecule has 0 nitrogen and oxygen atoms in total. The van der Waals surface area contributed by atoms with Crippen molar-refractivity contribution in [1.82, 2.24) is 0 Å². The van der Waals surface area contributed by atoms with Gasteiger partial charge in [-0.15, -0.1) is 0 Å². The van der Waals surface area contributed by atoms with Gasteiger partial charge < -0.3 is 0 Å². The summed E-state index contributed by atoms with van der Waals surface area (Å²) in [7, 11) is 0. The van der Waals surface area contributed by atoms with Crippen molar-refractivity contribution in [2.75, 3.05) is 0 Å². The van der Waals surface area contributed by atoms with Gasteiger partial charge in [-0.3, -0.25) is 0 Å². The van der Waals surface area contributed by atoms with Gasteiger partial charge in [0.15, 0.2) is 0 Å². The summed E-state index contributed by atoms with van der Waals surface area (Å²) in [5.41, 5.74) is 1.61. The third-order valence-corrected chi connectivity index (χ3v) is 4.74. The van der Waals surface area contributed by atoms with Crippen molar-refractivity contribution in [3.05, 3.63) is 67.9 Å². The van der Waals surface area contributed by atoms with E-state index < -0.39 is 0 Å². The standard InChI is InChI=1S/C14H9Br2Cl2F/c15-9-2-4-14(19)10(7-9)11(16)5-8-1-3-12(17)13(18)6-8/h1-4,6-7,11H,5H2. The van der Waals surface area contributed by atoms with Crippen LogP contribution in [-0.4, -0.2) is 0 Å². The van der Waals surface area contributed by atoms with E-state index in [1.54, 1.807) is 24.3 Å². The van der Waals surface area contributed by atoms with E-state index in [2.05, 4.69) is 31.9 Å². The SMILES string of the molecule is Fc1ccc(Br)cc1C(Br)Cc1ccc(Cl)c(Cl)c1. The second kappa shape index (κ2) is 6.57. The third kappa shape index (κ3) is 3.94. The zero-order valence-corrected chi connectivity index (χ0v) is 14.3. The van der Waals surface area contributed by atoms with Crippen LogP contribution in [0.25, 0.3) is 0 Å². The van der Waals surface area contributed by atoms with Gasteiger partial charge in [0.05, 0.1) is 10.0 Å². The van der Waals surface area contributed by atoms with Crippen LogP contribution in [0, 0.1) is 5.82 Å². The first-order valence-corrected chi connectivity index (χ1v) is 7.97. The molecule has 0 amide bonds. The fraction of sp³-hybridized carbons (Fsp3) is 0.143. The largest absolute Gasteiger partial charge is 0.207 e. The molecule has 0 aliphatic carbocycles. The zero-order chi connectivity index (χ0) is 14.0. The van der Waals surface area contributed by atoms with Gasteiger partial charge in [-0.25, -0.2) is 4.39 Å². The van der Waals surface area contributed by atoms with Crippen molar-refractivity contribution in [3.8, 4) is 0 Å². The highest BCUT2D eigenvalue weighted by atomic mass is 79.9. The van der Waals surface area contributed by atoms with Crippen molar-refractivity contribution in [2.45, 2.75) is 11.2 Å². The Labute approximate surface area is 138 Å². The second-order valence-electron chi connectivity index (χ2n) is 4.09. The van der Waals surface area contributed by atoms with E-state index in [9.17, 15) is 4.39 Å². The van der Waals surface area contributed by atoms with Crippen LogP contribution >= 0.6 is 55.1 Å². The maximum Gasteiger partial charge on any atom is 0.127 e. The minimum atomic E-state index is -0.231. The molecule has 100 valence electrons. The maximum atomic E-state index is 13.8. The van der Waals surface area contributed by atoms with Crippen LogP contribution in [0.5, 0.6) is 0 Å². The summed E-state index contributed by atoms with van der Waals surface area (Å²) in [6.07, 6.45) is 0.629. The molecule has 0 fully saturated rings. The minimum absolute atomic E-state index is 0.123. The number of alkyl halides is 1. The predicted octanol–water partition coefficient (Wildman–Crippen LogP) is 6.57. The molecule has 0 spiro atoms. The number of hydrogen-bond acceptors (Lipinski definition) is 0. The molecule has 0 heterocycles. The van der Waals surface area contributed by atoms with Crippen LogP contribution in [0.15, 0.2) is 40.9 Å². The smallest absolute Gasteiger partial charge is 0.127 e. The summed E-state index contributed by atoms with van der Waals surface area (Å²) in [6, 6.07) is 10.3. The molecule has 2 aromatic carbocycles. The molecule has 0 aliphatic rings. The molecule has 0 N–H and O–H groups in total. The molecule has 1 unspecified atom stereocenters. The van der Waals surface area contributed by atoms with Crippen molar-refractivity contribution in [3.63, 3.8) is 0 Å². The van der Waals surface area contributed by atoms with Gasteiger partial charge in [0.1, 0.15) is 5.82 Å². The van der Waals surface area contributed by atoms with E-state index in [0.29, 0.717) is 22.0 Å². The highest BCUT2D eigenvalue weighted by molar-refractivity contribution is 9.10. The Morgan fingerprint density at radius 1 is 1.05 bits per heavy atom. The Balaban J connectivity index is 2.22. The van der Waals surface area contributed by atoms with Gasteiger partial charge in [0.2, 0.25) is 0 Å². The number of benzene rings is 2. The van der Waals surface area contributed by atoms with Crippen molar-refractivity contribution >= 4 is 55.1 Å². The highest BCUT2D eigenvalue weighted by Gasteiger charge is 2.14. The molecule has 0 aromatic heterocycles. The van der Waals surface area contributed by atoms with Gasteiger partial charge in [-0.05, 0) is 42.3 Å². The first-order chi connectivity index (χ1) is 8.97. The quantitative estimate of drug-likeness (QED) is 0.486. The lowest BCUT2D eigenvalue weighted by Gasteiger charge is -2.12. The Bertz CT molecular complexity index is 602. The summed E-state index contributed by atoms with van der Waals surface area (Å²) in [5.74, 6) is -0.231. The van der Waals surface area contributed by atoms with Crippen LogP contribution in [0.4, 0.5) is 4.39 Å². The Hall–Kier alpha value is -0.0900. The van der Waals surface area contributed by atoms with E-state index in [-0.39, 0.29) is 10.6 Å². The molecule has 0 saturated heterocycles. The average molecular weight is 427 g/mol. The molecule has 19 heavy (non-hydrogen) atoms. The molecular weight excluding hydrogens is 418 g/mol. The van der Waals surface area contributed by atoms with E-state index in [1.807, 2.05) is 6.07 Å². The first kappa shape index (κ1) is 15.3. The predicted molar refractivity (Wildman–Crippen MR) is 85.9 cm³/mol. The lowest BCUT2D eigenvalue weighted by Crippen LogP contribution is -1.99. The summed E-state index contributed by atoms with van der Waals surface area (Å²) < 4.78 is 14.6. The van der Waals surface area contributed by atoms with Gasteiger partial charge >= 0.3 is 0 Å². The number of halogens is 5. The average Bonchev–Trinajstić information content (AvgIpc) is 2.36. The lowest BCUT2D eigenvalue weighted by atomic mass is 10.0. The molecule has 0 bridgehead atoms. The molecule has 2 aromatic rings. The Morgan fingerprint density at radius 2 is 1.79 bits per heavy atom. The van der Waals surface area contributed by atoms with Gasteiger partial charge in [0.25, 0.3) is 0 Å². The van der Waals surface area contributed by atoms with Gasteiger partial charge in [-0.2, -0.15) is 0 Å². The van der Waals surface area contributed by atoms with Crippen LogP contribution in [0.3, 0.4) is 0 Å². The normalized spacial score (nSPS) is 12.5. The zero-order valence-electron chi connectivity index (χ0n) is 9.64. The summed E-state index contributed by atoms with van der Waals surface area (Å²) in [5, 5.41) is 1.03. The summed E-state index contributed by atoms with van der Waals surface area (Å²) in [4.78, 5) is -0.123. The van der Waals surface area contributed by atoms with E-state index in [0.717, 1.165) is 10.0 Å². The third-order valence-electron chi connectivity index (χ3n) is 2.69. The number of rotatable bonds is 3. The number of hydrogen-bond donors (Lipinski definition) is 0. The highest BCUT2D eigenvalue weighted by Crippen LogP contribution is 2.32. The van der Waals surface area contributed by atoms with Crippen molar-refractivity contribution in [1.29, 1.82) is 0 Å². The first-order valence-electron chi connectivity index (χ1n) is 5.50. The van der Waals surface area contributed by atoms with E-state index >= 15 is 0 Å². The minimum Gasteiger partial charge on any atom is -0.207 e. The summed E-state index contributed by atoms with van der Waals surface area (Å²) >= 11 is 18.7. The summed E-state index contributed by atoms with van der Waals surface area (Å²) in [6.45, 7) is 0. The van der Waals surface area contributed by atoms with E-state index in [4.69, 9.17) is 23.2 Å².